The summed E-state index contributed by atoms with van der Waals surface area (Å²) in [6.45, 7) is 0.634. The Labute approximate surface area is 104 Å². The highest BCUT2D eigenvalue weighted by molar-refractivity contribution is 5.21. The molecule has 0 radical (unpaired) electrons. The number of nitrogens with zero attached hydrogens (tertiary/aromatic N) is 2. The van der Waals surface area contributed by atoms with Crippen LogP contribution in [0.4, 0.5) is 13.2 Å². The number of hydrogen-bond donors (Lipinski definition) is 1. The molecule has 3 nitrogen and oxygen atoms in total. The van der Waals surface area contributed by atoms with E-state index >= 15 is 0 Å². The van der Waals surface area contributed by atoms with Gasteiger partial charge in [0.1, 0.15) is 5.82 Å². The van der Waals surface area contributed by atoms with Crippen LogP contribution >= 0.6 is 0 Å². The largest absolute Gasteiger partial charge is 0.389 e. The minimum absolute atomic E-state index is 0.142. The third-order valence-electron chi connectivity index (χ3n) is 3.27. The lowest BCUT2D eigenvalue weighted by Gasteiger charge is -2.22. The van der Waals surface area contributed by atoms with Crippen LogP contribution < -0.4 is 5.73 Å². The molecule has 1 atom stereocenters. The maximum absolute atomic E-state index is 12.1. The Bertz CT molecular complexity index is 418. The normalized spacial score (nSPS) is 19.7. The predicted octanol–water partition coefficient (Wildman–Crippen LogP) is 2.04. The molecule has 100 valence electrons. The second kappa shape index (κ2) is 5.22. The van der Waals surface area contributed by atoms with E-state index < -0.39 is 12.6 Å². The van der Waals surface area contributed by atoms with Gasteiger partial charge < -0.3 is 5.73 Å². The van der Waals surface area contributed by atoms with Gasteiger partial charge in [0.25, 0.3) is 0 Å². The van der Waals surface area contributed by atoms with Crippen molar-refractivity contribution in [2.24, 2.45) is 11.7 Å². The van der Waals surface area contributed by atoms with Gasteiger partial charge in [0.2, 0.25) is 0 Å². The highest BCUT2D eigenvalue weighted by Gasteiger charge is 2.27. The lowest BCUT2D eigenvalue weighted by atomic mass is 9.87. The third kappa shape index (κ3) is 3.41. The van der Waals surface area contributed by atoms with Crippen LogP contribution in [-0.2, 0) is 19.3 Å². The molecule has 0 bridgehead atoms. The molecule has 0 aliphatic heterocycles. The van der Waals surface area contributed by atoms with Crippen molar-refractivity contribution in [1.82, 2.24) is 9.97 Å². The zero-order valence-electron chi connectivity index (χ0n) is 10.0. The smallest absolute Gasteiger partial charge is 0.330 e. The predicted molar refractivity (Wildman–Crippen MR) is 61.0 cm³/mol. The van der Waals surface area contributed by atoms with E-state index in [0.29, 0.717) is 12.5 Å². The Balaban J connectivity index is 2.04. The molecule has 1 aromatic rings. The molecular weight excluding hydrogens is 243 g/mol. The first-order valence-electron chi connectivity index (χ1n) is 6.08. The van der Waals surface area contributed by atoms with Crippen molar-refractivity contribution in [3.63, 3.8) is 0 Å². The van der Waals surface area contributed by atoms with E-state index in [9.17, 15) is 13.2 Å². The van der Waals surface area contributed by atoms with E-state index in [1.165, 1.54) is 0 Å². The van der Waals surface area contributed by atoms with Crippen LogP contribution in [0, 0.1) is 5.92 Å². The molecule has 0 saturated heterocycles. The van der Waals surface area contributed by atoms with Crippen LogP contribution in [0.5, 0.6) is 0 Å². The van der Waals surface area contributed by atoms with Gasteiger partial charge in [0.15, 0.2) is 0 Å². The molecule has 6 heteroatoms. The molecule has 18 heavy (non-hydrogen) atoms. The molecule has 0 fully saturated rings. The fraction of sp³-hybridized carbons (Fsp3) is 0.667. The summed E-state index contributed by atoms with van der Waals surface area (Å²) in [5.41, 5.74) is 7.55. The zero-order valence-corrected chi connectivity index (χ0v) is 10.0. The molecule has 0 aromatic carbocycles. The van der Waals surface area contributed by atoms with Gasteiger partial charge in [0.05, 0.1) is 6.42 Å². The number of aromatic nitrogens is 2. The SMILES string of the molecule is NCC1CCc2nc(CCC(F)(F)F)ncc2C1. The third-order valence-corrected chi connectivity index (χ3v) is 3.27. The molecule has 1 heterocycles. The summed E-state index contributed by atoms with van der Waals surface area (Å²) in [6.07, 6.45) is -0.905. The molecule has 2 N–H and O–H groups in total. The van der Waals surface area contributed by atoms with Crippen LogP contribution in [-0.4, -0.2) is 22.7 Å². The first-order chi connectivity index (χ1) is 8.48. The highest BCUT2D eigenvalue weighted by atomic mass is 19.4. The summed E-state index contributed by atoms with van der Waals surface area (Å²) in [5, 5.41) is 0. The molecule has 1 unspecified atom stereocenters. The van der Waals surface area contributed by atoms with E-state index in [-0.39, 0.29) is 12.2 Å². The molecule has 0 amide bonds. The number of halogens is 3. The number of aryl methyl sites for hydroxylation is 2. The Morgan fingerprint density at radius 2 is 2.17 bits per heavy atom. The van der Waals surface area contributed by atoms with Gasteiger partial charge in [-0.2, -0.15) is 13.2 Å². The molecule has 1 aliphatic rings. The summed E-state index contributed by atoms with van der Waals surface area (Å²) in [6, 6.07) is 0. The van der Waals surface area contributed by atoms with Crippen LogP contribution in [0.1, 0.15) is 29.9 Å². The maximum Gasteiger partial charge on any atom is 0.389 e. The van der Waals surface area contributed by atoms with Crippen molar-refractivity contribution < 1.29 is 13.2 Å². The fourth-order valence-corrected chi connectivity index (χ4v) is 2.20. The monoisotopic (exact) mass is 259 g/mol. The van der Waals surface area contributed by atoms with Crippen molar-refractivity contribution in [2.45, 2.75) is 38.3 Å². The summed E-state index contributed by atoms with van der Waals surface area (Å²) >= 11 is 0. The van der Waals surface area contributed by atoms with E-state index in [2.05, 4.69) is 9.97 Å². The molecule has 0 spiro atoms. The highest BCUT2D eigenvalue weighted by Crippen LogP contribution is 2.24. The van der Waals surface area contributed by atoms with Crippen molar-refractivity contribution in [2.75, 3.05) is 6.54 Å². The standard InChI is InChI=1S/C12H16F3N3/c13-12(14,15)4-3-11-17-7-9-5-8(6-16)1-2-10(9)18-11/h7-8H,1-6,16H2. The second-order valence-electron chi connectivity index (χ2n) is 4.72. The van der Waals surface area contributed by atoms with Gasteiger partial charge in [-0.1, -0.05) is 0 Å². The van der Waals surface area contributed by atoms with Crippen LogP contribution in [0.2, 0.25) is 0 Å². The zero-order chi connectivity index (χ0) is 13.2. The summed E-state index contributed by atoms with van der Waals surface area (Å²) in [4.78, 5) is 8.25. The number of nitrogens with two attached hydrogens (primary N) is 1. The van der Waals surface area contributed by atoms with Crippen LogP contribution in [0.25, 0.3) is 0 Å². The van der Waals surface area contributed by atoms with Gasteiger partial charge >= 0.3 is 6.18 Å². The van der Waals surface area contributed by atoms with Gasteiger partial charge in [-0.25, -0.2) is 9.97 Å². The average Bonchev–Trinajstić information content (AvgIpc) is 2.34. The second-order valence-corrected chi connectivity index (χ2v) is 4.72. The first-order valence-corrected chi connectivity index (χ1v) is 6.08. The first kappa shape index (κ1) is 13.3. The minimum atomic E-state index is -4.15. The molecule has 1 aliphatic carbocycles. The summed E-state index contributed by atoms with van der Waals surface area (Å²) in [5.74, 6) is 0.736. The molecule has 2 rings (SSSR count). The average molecular weight is 259 g/mol. The van der Waals surface area contributed by atoms with E-state index in [4.69, 9.17) is 5.73 Å². The van der Waals surface area contributed by atoms with Crippen molar-refractivity contribution in [3.8, 4) is 0 Å². The van der Waals surface area contributed by atoms with Crippen molar-refractivity contribution >= 4 is 0 Å². The topological polar surface area (TPSA) is 51.8 Å². The Hall–Kier alpha value is -1.17. The number of hydrogen-bond acceptors (Lipinski definition) is 3. The van der Waals surface area contributed by atoms with Crippen molar-refractivity contribution in [3.05, 3.63) is 23.3 Å². The molecular formula is C12H16F3N3. The minimum Gasteiger partial charge on any atom is -0.330 e. The van der Waals surface area contributed by atoms with Gasteiger partial charge in [-0.3, -0.25) is 0 Å². The Morgan fingerprint density at radius 1 is 1.39 bits per heavy atom. The Kier molecular flexibility index (Phi) is 3.85. The van der Waals surface area contributed by atoms with Gasteiger partial charge in [0, 0.05) is 18.3 Å². The quantitative estimate of drug-likeness (QED) is 0.903. The van der Waals surface area contributed by atoms with E-state index in [0.717, 1.165) is 30.5 Å². The van der Waals surface area contributed by atoms with Gasteiger partial charge in [-0.15, -0.1) is 0 Å². The number of alkyl halides is 3. The molecule has 1 aromatic heterocycles. The fourth-order valence-electron chi connectivity index (χ4n) is 2.20. The van der Waals surface area contributed by atoms with Crippen LogP contribution in [0.15, 0.2) is 6.20 Å². The number of rotatable bonds is 3. The van der Waals surface area contributed by atoms with Crippen LogP contribution in [0.3, 0.4) is 0 Å². The van der Waals surface area contributed by atoms with E-state index in [1.807, 2.05) is 0 Å². The number of fused-ring (bicyclic) bond motifs is 1. The maximum atomic E-state index is 12.1. The Morgan fingerprint density at radius 3 is 2.83 bits per heavy atom. The summed E-state index contributed by atoms with van der Waals surface area (Å²) < 4.78 is 36.3. The lowest BCUT2D eigenvalue weighted by Crippen LogP contribution is -2.23. The van der Waals surface area contributed by atoms with Gasteiger partial charge in [-0.05, 0) is 37.3 Å². The lowest BCUT2D eigenvalue weighted by molar-refractivity contribution is -0.134. The summed E-state index contributed by atoms with van der Waals surface area (Å²) in [7, 11) is 0. The van der Waals surface area contributed by atoms with Crippen molar-refractivity contribution in [1.29, 1.82) is 0 Å². The van der Waals surface area contributed by atoms with E-state index in [1.54, 1.807) is 6.20 Å². The molecule has 0 saturated carbocycles.